The van der Waals surface area contributed by atoms with Gasteiger partial charge in [-0.2, -0.15) is 0 Å². The maximum absolute atomic E-state index is 5.90. The van der Waals surface area contributed by atoms with Gasteiger partial charge in [0.05, 0.1) is 0 Å². The number of piperazine rings is 1. The maximum atomic E-state index is 5.90. The van der Waals surface area contributed by atoms with Gasteiger partial charge >= 0.3 is 0 Å². The van der Waals surface area contributed by atoms with Gasteiger partial charge in [-0.15, -0.1) is 0 Å². The van der Waals surface area contributed by atoms with E-state index in [0.29, 0.717) is 19.1 Å². The Morgan fingerprint density at radius 2 is 1.90 bits per heavy atom. The molecular formula is C17H26N2O2. The van der Waals surface area contributed by atoms with Crippen LogP contribution in [0.4, 0.5) is 0 Å². The quantitative estimate of drug-likeness (QED) is 0.920. The van der Waals surface area contributed by atoms with Crippen LogP contribution in [0.2, 0.25) is 0 Å². The van der Waals surface area contributed by atoms with Crippen LogP contribution in [0.5, 0.6) is 11.5 Å². The number of nitrogens with one attached hydrogen (secondary N) is 1. The molecule has 1 aromatic carbocycles. The van der Waals surface area contributed by atoms with Crippen molar-refractivity contribution in [3.8, 4) is 11.5 Å². The fourth-order valence-electron chi connectivity index (χ4n) is 3.24. The highest BCUT2D eigenvalue weighted by atomic mass is 16.6. The zero-order chi connectivity index (χ0) is 14.7. The van der Waals surface area contributed by atoms with Crippen molar-refractivity contribution >= 4 is 0 Å². The van der Waals surface area contributed by atoms with Crippen molar-refractivity contribution in [1.29, 1.82) is 0 Å². The van der Waals surface area contributed by atoms with Crippen LogP contribution in [-0.2, 0) is 6.42 Å². The van der Waals surface area contributed by atoms with E-state index in [0.717, 1.165) is 50.6 Å². The lowest BCUT2D eigenvalue weighted by molar-refractivity contribution is 0.169. The Bertz CT molecular complexity index is 482. The smallest absolute Gasteiger partial charge is 0.165 e. The number of hydrogen-bond donors (Lipinski definition) is 1. The molecule has 1 aromatic rings. The third-order valence-corrected chi connectivity index (χ3v) is 4.32. The van der Waals surface area contributed by atoms with Gasteiger partial charge in [0.25, 0.3) is 0 Å². The van der Waals surface area contributed by atoms with Gasteiger partial charge in [-0.25, -0.2) is 0 Å². The predicted octanol–water partition coefficient (Wildman–Crippen LogP) is 2.03. The Morgan fingerprint density at radius 3 is 2.67 bits per heavy atom. The number of ether oxygens (including phenoxy) is 2. The first kappa shape index (κ1) is 14.7. The summed E-state index contributed by atoms with van der Waals surface area (Å²) in [4.78, 5) is 2.54. The maximum Gasteiger partial charge on any atom is 0.165 e. The van der Waals surface area contributed by atoms with Crippen LogP contribution < -0.4 is 14.8 Å². The summed E-state index contributed by atoms with van der Waals surface area (Å²) in [5, 5.41) is 3.41. The first-order chi connectivity index (χ1) is 10.3. The normalized spacial score (nSPS) is 19.0. The minimum Gasteiger partial charge on any atom is -0.486 e. The predicted molar refractivity (Wildman–Crippen MR) is 84.5 cm³/mol. The van der Waals surface area contributed by atoms with E-state index in [1.807, 2.05) is 0 Å². The number of nitrogens with zero attached hydrogens (tertiary/aromatic N) is 1. The van der Waals surface area contributed by atoms with Crippen molar-refractivity contribution in [2.45, 2.75) is 26.2 Å². The van der Waals surface area contributed by atoms with E-state index >= 15 is 0 Å². The van der Waals surface area contributed by atoms with Crippen molar-refractivity contribution in [3.63, 3.8) is 0 Å². The Morgan fingerprint density at radius 1 is 1.14 bits per heavy atom. The standard InChI is InChI=1S/C17H26N2O2/c1-13(2)16-14(5-8-19-9-6-18-7-10-19)3-4-15-17(16)21-12-11-20-15/h3-4,13,18H,5-12H2,1-2H3. The van der Waals surface area contributed by atoms with Crippen LogP contribution in [0, 0.1) is 0 Å². The highest BCUT2D eigenvalue weighted by Crippen LogP contribution is 2.40. The molecule has 3 rings (SSSR count). The molecule has 1 fully saturated rings. The molecule has 2 aliphatic rings. The summed E-state index contributed by atoms with van der Waals surface area (Å²) < 4.78 is 11.6. The fraction of sp³-hybridized carbons (Fsp3) is 0.647. The molecule has 4 nitrogen and oxygen atoms in total. The number of hydrogen-bond acceptors (Lipinski definition) is 4. The van der Waals surface area contributed by atoms with Gasteiger partial charge in [0.1, 0.15) is 13.2 Å². The molecule has 0 atom stereocenters. The lowest BCUT2D eigenvalue weighted by Crippen LogP contribution is -2.44. The molecule has 0 amide bonds. The minimum atomic E-state index is 0.458. The van der Waals surface area contributed by atoms with E-state index < -0.39 is 0 Å². The van der Waals surface area contributed by atoms with E-state index in [1.54, 1.807) is 0 Å². The lowest BCUT2D eigenvalue weighted by Gasteiger charge is -2.29. The molecule has 2 aliphatic heterocycles. The van der Waals surface area contributed by atoms with E-state index in [-0.39, 0.29) is 0 Å². The molecule has 4 heteroatoms. The van der Waals surface area contributed by atoms with Gasteiger partial charge in [-0.05, 0) is 24.0 Å². The lowest BCUT2D eigenvalue weighted by atomic mass is 9.93. The molecule has 0 aromatic heterocycles. The van der Waals surface area contributed by atoms with Gasteiger partial charge in [0.15, 0.2) is 11.5 Å². The Hall–Kier alpha value is -1.26. The van der Waals surface area contributed by atoms with Crippen LogP contribution in [0.25, 0.3) is 0 Å². The fourth-order valence-corrected chi connectivity index (χ4v) is 3.24. The summed E-state index contributed by atoms with van der Waals surface area (Å²) in [5.41, 5.74) is 2.75. The molecule has 1 N–H and O–H groups in total. The van der Waals surface area contributed by atoms with Crippen molar-refractivity contribution in [1.82, 2.24) is 10.2 Å². The van der Waals surface area contributed by atoms with Crippen molar-refractivity contribution in [2.24, 2.45) is 0 Å². The van der Waals surface area contributed by atoms with Crippen molar-refractivity contribution in [3.05, 3.63) is 23.3 Å². The van der Waals surface area contributed by atoms with Crippen LogP contribution in [-0.4, -0.2) is 50.8 Å². The number of fused-ring (bicyclic) bond motifs is 1. The molecule has 0 bridgehead atoms. The zero-order valence-electron chi connectivity index (χ0n) is 13.2. The van der Waals surface area contributed by atoms with Crippen molar-refractivity contribution < 1.29 is 9.47 Å². The first-order valence-corrected chi connectivity index (χ1v) is 8.10. The van der Waals surface area contributed by atoms with E-state index in [4.69, 9.17) is 9.47 Å². The highest BCUT2D eigenvalue weighted by molar-refractivity contribution is 5.53. The second-order valence-corrected chi connectivity index (χ2v) is 6.16. The molecule has 1 saturated heterocycles. The van der Waals surface area contributed by atoms with E-state index in [9.17, 15) is 0 Å². The monoisotopic (exact) mass is 290 g/mol. The highest BCUT2D eigenvalue weighted by Gasteiger charge is 2.21. The number of rotatable bonds is 4. The summed E-state index contributed by atoms with van der Waals surface area (Å²) >= 11 is 0. The summed E-state index contributed by atoms with van der Waals surface area (Å²) in [6.07, 6.45) is 1.09. The molecule has 0 unspecified atom stereocenters. The molecule has 116 valence electrons. The molecular weight excluding hydrogens is 264 g/mol. The molecule has 0 saturated carbocycles. The average molecular weight is 290 g/mol. The molecule has 2 heterocycles. The molecule has 0 aliphatic carbocycles. The Kier molecular flexibility index (Phi) is 4.66. The van der Waals surface area contributed by atoms with E-state index in [1.165, 1.54) is 11.1 Å². The zero-order valence-corrected chi connectivity index (χ0v) is 13.2. The Balaban J connectivity index is 1.77. The van der Waals surface area contributed by atoms with Gasteiger partial charge in [-0.1, -0.05) is 19.9 Å². The minimum absolute atomic E-state index is 0.458. The van der Waals surface area contributed by atoms with Gasteiger partial charge < -0.3 is 19.7 Å². The van der Waals surface area contributed by atoms with E-state index in [2.05, 4.69) is 36.2 Å². The third kappa shape index (κ3) is 3.33. The SMILES string of the molecule is CC(C)c1c(CCN2CCNCC2)ccc2c1OCCO2. The topological polar surface area (TPSA) is 33.7 Å². The van der Waals surface area contributed by atoms with Crippen LogP contribution >= 0.6 is 0 Å². The summed E-state index contributed by atoms with van der Waals surface area (Å²) in [7, 11) is 0. The second-order valence-electron chi connectivity index (χ2n) is 6.16. The largest absolute Gasteiger partial charge is 0.486 e. The van der Waals surface area contributed by atoms with Crippen LogP contribution in [0.15, 0.2) is 12.1 Å². The van der Waals surface area contributed by atoms with Crippen LogP contribution in [0.1, 0.15) is 30.9 Å². The average Bonchev–Trinajstić information content (AvgIpc) is 2.53. The van der Waals surface area contributed by atoms with Crippen LogP contribution in [0.3, 0.4) is 0 Å². The molecule has 0 spiro atoms. The summed E-state index contributed by atoms with van der Waals surface area (Å²) in [5.74, 6) is 2.35. The van der Waals surface area contributed by atoms with Crippen molar-refractivity contribution in [2.75, 3.05) is 45.9 Å². The Labute approximate surface area is 127 Å². The third-order valence-electron chi connectivity index (χ3n) is 4.32. The molecule has 0 radical (unpaired) electrons. The first-order valence-electron chi connectivity index (χ1n) is 8.10. The van der Waals surface area contributed by atoms with Gasteiger partial charge in [0, 0.05) is 38.3 Å². The van der Waals surface area contributed by atoms with Gasteiger partial charge in [-0.3, -0.25) is 0 Å². The second kappa shape index (κ2) is 6.67. The summed E-state index contributed by atoms with van der Waals surface area (Å²) in [6, 6.07) is 4.30. The molecule has 21 heavy (non-hydrogen) atoms. The number of benzene rings is 1. The summed E-state index contributed by atoms with van der Waals surface area (Å²) in [6.45, 7) is 11.4. The van der Waals surface area contributed by atoms with Gasteiger partial charge in [0.2, 0.25) is 0 Å².